The van der Waals surface area contributed by atoms with Gasteiger partial charge in [-0.3, -0.25) is 4.79 Å². The third-order valence-electron chi connectivity index (χ3n) is 3.90. The van der Waals surface area contributed by atoms with E-state index in [-0.39, 0.29) is 33.4 Å². The molecule has 0 atom stereocenters. The van der Waals surface area contributed by atoms with Gasteiger partial charge < -0.3 is 28.8 Å². The molecular weight excluding hydrogens is 316 g/mol. The fourth-order valence-electron chi connectivity index (χ4n) is 2.79. The Morgan fingerprint density at radius 3 is 2.12 bits per heavy atom. The zero-order valence-corrected chi connectivity index (χ0v) is 13.6. The largest absolute Gasteiger partial charge is 0.504 e. The fraction of sp³-hybridized carbons (Fsp3) is 0.235. The summed E-state index contributed by atoms with van der Waals surface area (Å²) in [7, 11) is 4.09. The Kier molecular flexibility index (Phi) is 3.63. The molecule has 7 nitrogen and oxygen atoms in total. The van der Waals surface area contributed by atoms with E-state index >= 15 is 0 Å². The van der Waals surface area contributed by atoms with Crippen LogP contribution in [-0.4, -0.2) is 31.5 Å². The van der Waals surface area contributed by atoms with Crippen molar-refractivity contribution in [3.8, 4) is 28.7 Å². The Morgan fingerprint density at radius 2 is 1.54 bits per heavy atom. The fourth-order valence-corrected chi connectivity index (χ4v) is 2.79. The smallest absolute Gasteiger partial charge is 0.211 e. The van der Waals surface area contributed by atoms with E-state index in [4.69, 9.17) is 18.6 Å². The highest BCUT2D eigenvalue weighted by Gasteiger charge is 2.26. The van der Waals surface area contributed by atoms with Gasteiger partial charge in [-0.25, -0.2) is 0 Å². The van der Waals surface area contributed by atoms with Crippen LogP contribution in [-0.2, 0) is 0 Å². The molecule has 0 aliphatic carbocycles. The van der Waals surface area contributed by atoms with Crippen LogP contribution >= 0.6 is 0 Å². The Balaban J connectivity index is 2.61. The molecule has 3 aromatic rings. The van der Waals surface area contributed by atoms with Crippen LogP contribution in [0, 0.1) is 6.92 Å². The average Bonchev–Trinajstić information content (AvgIpc) is 2.56. The molecule has 0 aliphatic heterocycles. The number of hydrogen-bond donors (Lipinski definition) is 2. The second-order valence-electron chi connectivity index (χ2n) is 5.22. The second-order valence-corrected chi connectivity index (χ2v) is 5.22. The molecule has 0 aliphatic rings. The molecule has 2 aromatic carbocycles. The van der Waals surface area contributed by atoms with Crippen molar-refractivity contribution in [3.63, 3.8) is 0 Å². The molecule has 1 heterocycles. The lowest BCUT2D eigenvalue weighted by Gasteiger charge is -2.14. The van der Waals surface area contributed by atoms with E-state index in [1.54, 1.807) is 13.0 Å². The summed E-state index contributed by atoms with van der Waals surface area (Å²) in [5, 5.41) is 20.9. The molecule has 24 heavy (non-hydrogen) atoms. The number of ether oxygens (including phenoxy) is 3. The highest BCUT2D eigenvalue weighted by molar-refractivity contribution is 6.00. The third-order valence-corrected chi connectivity index (χ3v) is 3.90. The van der Waals surface area contributed by atoms with Gasteiger partial charge in [0.2, 0.25) is 22.7 Å². The van der Waals surface area contributed by atoms with E-state index < -0.39 is 16.9 Å². The minimum Gasteiger partial charge on any atom is -0.504 e. The number of phenolic OH excluding ortho intramolecular Hbond substituents is 2. The summed E-state index contributed by atoms with van der Waals surface area (Å²) >= 11 is 0. The van der Waals surface area contributed by atoms with Gasteiger partial charge in [-0.05, 0) is 18.6 Å². The molecule has 0 unspecified atom stereocenters. The first-order valence-corrected chi connectivity index (χ1v) is 7.05. The number of phenols is 2. The van der Waals surface area contributed by atoms with Crippen molar-refractivity contribution in [1.82, 2.24) is 0 Å². The van der Waals surface area contributed by atoms with Gasteiger partial charge >= 0.3 is 0 Å². The summed E-state index contributed by atoms with van der Waals surface area (Å²) in [6, 6.07) is 3.22. The molecule has 0 fully saturated rings. The Bertz CT molecular complexity index is 1020. The number of hydrogen-bond acceptors (Lipinski definition) is 7. The molecule has 3 rings (SSSR count). The van der Waals surface area contributed by atoms with Crippen molar-refractivity contribution >= 4 is 21.9 Å². The van der Waals surface area contributed by atoms with Crippen LogP contribution in [0.15, 0.2) is 21.3 Å². The summed E-state index contributed by atoms with van der Waals surface area (Å²) in [6.07, 6.45) is 0. The molecule has 0 radical (unpaired) electrons. The normalized spacial score (nSPS) is 11.0. The monoisotopic (exact) mass is 332 g/mol. The topological polar surface area (TPSA) is 98.4 Å². The predicted octanol–water partition coefficient (Wildman–Crippen LogP) is 2.69. The maximum absolute atomic E-state index is 12.9. The molecule has 1 aromatic heterocycles. The summed E-state index contributed by atoms with van der Waals surface area (Å²) in [5.74, 6) is -0.633. The number of fused-ring (bicyclic) bond motifs is 2. The lowest BCUT2D eigenvalue weighted by molar-refractivity contribution is 0.318. The minimum absolute atomic E-state index is 0.121. The Labute approximate surface area is 136 Å². The second kappa shape index (κ2) is 5.52. The third kappa shape index (κ3) is 2.01. The number of benzene rings is 2. The van der Waals surface area contributed by atoms with Crippen LogP contribution in [0.25, 0.3) is 21.9 Å². The molecule has 0 bridgehead atoms. The summed E-state index contributed by atoms with van der Waals surface area (Å²) in [6.45, 7) is 1.73. The number of aryl methyl sites for hydroxylation is 1. The van der Waals surface area contributed by atoms with Gasteiger partial charge in [-0.2, -0.15) is 0 Å². The first-order valence-electron chi connectivity index (χ1n) is 7.05. The van der Waals surface area contributed by atoms with Gasteiger partial charge in [0, 0.05) is 6.07 Å². The van der Waals surface area contributed by atoms with Gasteiger partial charge in [-0.1, -0.05) is 0 Å². The lowest BCUT2D eigenvalue weighted by atomic mass is 10.1. The molecular formula is C17H16O7. The van der Waals surface area contributed by atoms with E-state index in [1.165, 1.54) is 27.4 Å². The summed E-state index contributed by atoms with van der Waals surface area (Å²) < 4.78 is 21.0. The van der Waals surface area contributed by atoms with Crippen molar-refractivity contribution in [1.29, 1.82) is 0 Å². The van der Waals surface area contributed by atoms with E-state index in [1.807, 2.05) is 0 Å². The van der Waals surface area contributed by atoms with Crippen LogP contribution in [0.5, 0.6) is 28.7 Å². The zero-order chi connectivity index (χ0) is 17.6. The zero-order valence-electron chi connectivity index (χ0n) is 13.6. The molecule has 0 amide bonds. The highest BCUT2D eigenvalue weighted by Crippen LogP contribution is 2.49. The maximum Gasteiger partial charge on any atom is 0.211 e. The summed E-state index contributed by atoms with van der Waals surface area (Å²) in [4.78, 5) is 12.9. The lowest BCUT2D eigenvalue weighted by Crippen LogP contribution is -2.06. The van der Waals surface area contributed by atoms with Crippen molar-refractivity contribution < 1.29 is 28.8 Å². The van der Waals surface area contributed by atoms with Crippen LogP contribution in [0.4, 0.5) is 0 Å². The number of aromatic hydroxyl groups is 2. The Hall–Kier alpha value is -3.09. The van der Waals surface area contributed by atoms with Gasteiger partial charge in [0.15, 0.2) is 11.3 Å². The quantitative estimate of drug-likeness (QED) is 0.562. The molecule has 2 N–H and O–H groups in total. The van der Waals surface area contributed by atoms with Gasteiger partial charge in [0.25, 0.3) is 0 Å². The first-order chi connectivity index (χ1) is 11.4. The van der Waals surface area contributed by atoms with Crippen LogP contribution in [0.2, 0.25) is 0 Å². The Morgan fingerprint density at radius 1 is 0.917 bits per heavy atom. The molecule has 7 heteroatoms. The maximum atomic E-state index is 12.9. The van der Waals surface area contributed by atoms with Crippen LogP contribution in [0.1, 0.15) is 5.56 Å². The van der Waals surface area contributed by atoms with E-state index in [2.05, 4.69) is 0 Å². The standard InChI is InChI=1S/C17H16O7/c1-7-5-8(21-2)6-9-10(7)12(18)11-13(19)16(22-3)17(23-4)14(20)15(11)24-9/h5-6,19-20H,1-4H3. The minimum atomic E-state index is -0.486. The van der Waals surface area contributed by atoms with Gasteiger partial charge in [-0.15, -0.1) is 0 Å². The van der Waals surface area contributed by atoms with Crippen molar-refractivity contribution in [2.24, 2.45) is 0 Å². The molecule has 0 spiro atoms. The number of methoxy groups -OCH3 is 3. The van der Waals surface area contributed by atoms with E-state index in [0.717, 1.165) is 0 Å². The highest BCUT2D eigenvalue weighted by atomic mass is 16.5. The van der Waals surface area contributed by atoms with Crippen LogP contribution < -0.4 is 19.6 Å². The van der Waals surface area contributed by atoms with Gasteiger partial charge in [0.1, 0.15) is 16.7 Å². The first kappa shape index (κ1) is 15.8. The predicted molar refractivity (Wildman–Crippen MR) is 87.7 cm³/mol. The molecule has 0 saturated heterocycles. The van der Waals surface area contributed by atoms with Crippen molar-refractivity contribution in [3.05, 3.63) is 27.9 Å². The SMILES string of the molecule is COc1cc(C)c2c(=O)c3c(O)c(OC)c(OC)c(O)c3oc2c1. The average molecular weight is 332 g/mol. The number of rotatable bonds is 3. The van der Waals surface area contributed by atoms with Crippen molar-refractivity contribution in [2.75, 3.05) is 21.3 Å². The molecule has 0 saturated carbocycles. The van der Waals surface area contributed by atoms with Gasteiger partial charge in [0.05, 0.1) is 26.7 Å². The van der Waals surface area contributed by atoms with E-state index in [9.17, 15) is 15.0 Å². The van der Waals surface area contributed by atoms with E-state index in [0.29, 0.717) is 11.3 Å². The van der Waals surface area contributed by atoms with Crippen LogP contribution in [0.3, 0.4) is 0 Å². The summed E-state index contributed by atoms with van der Waals surface area (Å²) in [5.41, 5.74) is 0.176. The molecule has 126 valence electrons. The van der Waals surface area contributed by atoms with Crippen molar-refractivity contribution in [2.45, 2.75) is 6.92 Å².